The summed E-state index contributed by atoms with van der Waals surface area (Å²) in [5.74, 6) is 0.819. The molecule has 5 heteroatoms. The highest BCUT2D eigenvalue weighted by atomic mass is 19.1. The van der Waals surface area contributed by atoms with Crippen LogP contribution in [0.2, 0.25) is 0 Å². The fraction of sp³-hybridized carbons (Fsp3) is 0.167. The van der Waals surface area contributed by atoms with Gasteiger partial charge in [-0.05, 0) is 41.8 Å². The first-order chi connectivity index (χ1) is 14.1. The highest BCUT2D eigenvalue weighted by Crippen LogP contribution is 2.30. The van der Waals surface area contributed by atoms with Gasteiger partial charge in [-0.1, -0.05) is 62.4 Å². The quantitative estimate of drug-likeness (QED) is 0.428. The molecule has 4 rings (SSSR count). The largest absolute Gasteiger partial charge is 0.418 e. The van der Waals surface area contributed by atoms with E-state index in [1.807, 2.05) is 42.5 Å². The third-order valence-electron chi connectivity index (χ3n) is 4.81. The van der Waals surface area contributed by atoms with E-state index < -0.39 is 6.04 Å². The molecule has 146 valence electrons. The minimum Gasteiger partial charge on any atom is -0.418 e. The predicted octanol–water partition coefficient (Wildman–Crippen LogP) is 6.20. The summed E-state index contributed by atoms with van der Waals surface area (Å²) in [5, 5.41) is 11.7. The Labute approximate surface area is 169 Å². The van der Waals surface area contributed by atoms with Gasteiger partial charge in [0.05, 0.1) is 0 Å². The maximum atomic E-state index is 14.6. The zero-order chi connectivity index (χ0) is 20.2. The summed E-state index contributed by atoms with van der Waals surface area (Å²) in [6.45, 7) is 4.29. The van der Waals surface area contributed by atoms with Gasteiger partial charge in [0.1, 0.15) is 11.9 Å². The van der Waals surface area contributed by atoms with E-state index in [0.717, 1.165) is 11.3 Å². The van der Waals surface area contributed by atoms with Gasteiger partial charge in [0.25, 0.3) is 0 Å². The summed E-state index contributed by atoms with van der Waals surface area (Å²) >= 11 is 0. The second-order valence-corrected chi connectivity index (χ2v) is 7.19. The van der Waals surface area contributed by atoms with Crippen LogP contribution in [0.4, 0.5) is 10.1 Å². The molecule has 1 aromatic heterocycles. The first-order valence-electron chi connectivity index (χ1n) is 9.61. The number of rotatable bonds is 6. The zero-order valence-corrected chi connectivity index (χ0v) is 16.3. The van der Waals surface area contributed by atoms with E-state index in [4.69, 9.17) is 4.42 Å². The van der Waals surface area contributed by atoms with Crippen LogP contribution in [0.25, 0.3) is 11.5 Å². The normalized spacial score (nSPS) is 12.1. The van der Waals surface area contributed by atoms with Crippen LogP contribution in [0.15, 0.2) is 83.3 Å². The van der Waals surface area contributed by atoms with Crippen molar-refractivity contribution in [2.24, 2.45) is 0 Å². The van der Waals surface area contributed by atoms with Gasteiger partial charge in [-0.2, -0.15) is 0 Å². The first-order valence-corrected chi connectivity index (χ1v) is 9.61. The van der Waals surface area contributed by atoms with Gasteiger partial charge in [0.2, 0.25) is 11.8 Å². The lowest BCUT2D eigenvalue weighted by molar-refractivity contribution is 0.485. The average Bonchev–Trinajstić information content (AvgIpc) is 3.24. The Morgan fingerprint density at radius 2 is 1.52 bits per heavy atom. The molecule has 0 aliphatic rings. The molecule has 0 fully saturated rings. The molecule has 0 amide bonds. The molecule has 4 aromatic rings. The van der Waals surface area contributed by atoms with Crippen molar-refractivity contribution in [3.8, 4) is 11.5 Å². The van der Waals surface area contributed by atoms with E-state index in [-0.39, 0.29) is 5.82 Å². The molecular formula is C24H22FN3O. The Bertz CT molecular complexity index is 1070. The maximum absolute atomic E-state index is 14.6. The molecule has 1 heterocycles. The molecule has 0 spiro atoms. The molecule has 0 aliphatic carbocycles. The zero-order valence-electron chi connectivity index (χ0n) is 16.3. The Kier molecular flexibility index (Phi) is 5.38. The number of anilines is 1. The number of aromatic nitrogens is 2. The van der Waals surface area contributed by atoms with Gasteiger partial charge in [-0.15, -0.1) is 10.2 Å². The molecule has 0 saturated heterocycles. The summed E-state index contributed by atoms with van der Waals surface area (Å²) in [6.07, 6.45) is 0. The van der Waals surface area contributed by atoms with Gasteiger partial charge in [-0.3, -0.25) is 0 Å². The van der Waals surface area contributed by atoms with Crippen molar-refractivity contribution in [3.05, 3.63) is 102 Å². The second kappa shape index (κ2) is 8.27. The molecule has 29 heavy (non-hydrogen) atoms. The number of hydrogen-bond donors (Lipinski definition) is 1. The molecule has 0 unspecified atom stereocenters. The molecule has 1 N–H and O–H groups in total. The van der Waals surface area contributed by atoms with E-state index in [9.17, 15) is 4.39 Å². The standard InChI is InChI=1S/C24H22FN3O/c1-16(2)17-12-14-19(15-13-17)26-22(20-10-6-7-11-21(20)25)24-28-27-23(29-24)18-8-4-3-5-9-18/h3-16,22,26H,1-2H3/t22-/m1/s1. The van der Waals surface area contributed by atoms with E-state index in [2.05, 4.69) is 41.5 Å². The SMILES string of the molecule is CC(C)c1ccc(N[C@@H](c2nnc(-c3ccccc3)o2)c2ccccc2F)cc1. The van der Waals surface area contributed by atoms with Crippen molar-refractivity contribution in [2.75, 3.05) is 5.32 Å². The van der Waals surface area contributed by atoms with Crippen LogP contribution >= 0.6 is 0 Å². The van der Waals surface area contributed by atoms with Crippen molar-refractivity contribution >= 4 is 5.69 Å². The number of nitrogens with zero attached hydrogens (tertiary/aromatic N) is 2. The van der Waals surface area contributed by atoms with Crippen LogP contribution in [-0.2, 0) is 0 Å². The van der Waals surface area contributed by atoms with Gasteiger partial charge in [0, 0.05) is 16.8 Å². The fourth-order valence-electron chi connectivity index (χ4n) is 3.16. The van der Waals surface area contributed by atoms with Crippen LogP contribution in [-0.4, -0.2) is 10.2 Å². The number of nitrogens with one attached hydrogen (secondary N) is 1. The molecule has 0 saturated carbocycles. The summed E-state index contributed by atoms with van der Waals surface area (Å²) in [6, 6.07) is 23.6. The first kappa shape index (κ1) is 18.9. The second-order valence-electron chi connectivity index (χ2n) is 7.19. The van der Waals surface area contributed by atoms with Gasteiger partial charge in [0.15, 0.2) is 0 Å². The van der Waals surface area contributed by atoms with Crippen molar-refractivity contribution in [1.82, 2.24) is 10.2 Å². The van der Waals surface area contributed by atoms with Crippen molar-refractivity contribution in [3.63, 3.8) is 0 Å². The van der Waals surface area contributed by atoms with Gasteiger partial charge >= 0.3 is 0 Å². The summed E-state index contributed by atoms with van der Waals surface area (Å²) < 4.78 is 20.5. The van der Waals surface area contributed by atoms with Gasteiger partial charge < -0.3 is 9.73 Å². The fourth-order valence-corrected chi connectivity index (χ4v) is 3.16. The Hall–Kier alpha value is -3.47. The topological polar surface area (TPSA) is 51.0 Å². The third kappa shape index (κ3) is 4.19. The van der Waals surface area contributed by atoms with Crippen LogP contribution in [0.5, 0.6) is 0 Å². The molecule has 3 aromatic carbocycles. The summed E-state index contributed by atoms with van der Waals surface area (Å²) in [7, 11) is 0. The Balaban J connectivity index is 1.70. The van der Waals surface area contributed by atoms with E-state index in [1.165, 1.54) is 11.6 Å². The van der Waals surface area contributed by atoms with Crippen LogP contribution in [0.1, 0.15) is 42.8 Å². The van der Waals surface area contributed by atoms with Crippen LogP contribution in [0.3, 0.4) is 0 Å². The molecule has 0 aliphatic heterocycles. The lowest BCUT2D eigenvalue weighted by Crippen LogP contribution is -2.14. The van der Waals surface area contributed by atoms with Crippen LogP contribution < -0.4 is 5.32 Å². The highest BCUT2D eigenvalue weighted by molar-refractivity contribution is 5.53. The van der Waals surface area contributed by atoms with Crippen molar-refractivity contribution in [1.29, 1.82) is 0 Å². The van der Waals surface area contributed by atoms with Crippen molar-refractivity contribution in [2.45, 2.75) is 25.8 Å². The highest BCUT2D eigenvalue weighted by Gasteiger charge is 2.24. The Morgan fingerprint density at radius 1 is 0.828 bits per heavy atom. The smallest absolute Gasteiger partial charge is 0.247 e. The summed E-state index contributed by atoms with van der Waals surface area (Å²) in [4.78, 5) is 0. The van der Waals surface area contributed by atoms with Crippen molar-refractivity contribution < 1.29 is 8.81 Å². The molecule has 0 bridgehead atoms. The third-order valence-corrected chi connectivity index (χ3v) is 4.81. The van der Waals surface area contributed by atoms with E-state index in [1.54, 1.807) is 18.2 Å². The minimum atomic E-state index is -0.605. The Morgan fingerprint density at radius 3 is 2.21 bits per heavy atom. The monoisotopic (exact) mass is 387 g/mol. The number of halogens is 1. The van der Waals surface area contributed by atoms with Crippen LogP contribution in [0, 0.1) is 5.82 Å². The lowest BCUT2D eigenvalue weighted by atomic mass is 10.0. The number of benzene rings is 3. The van der Waals surface area contributed by atoms with E-state index >= 15 is 0 Å². The van der Waals surface area contributed by atoms with E-state index in [0.29, 0.717) is 23.3 Å². The predicted molar refractivity (Wildman–Crippen MR) is 112 cm³/mol. The summed E-state index contributed by atoms with van der Waals surface area (Å²) in [5.41, 5.74) is 3.35. The lowest BCUT2D eigenvalue weighted by Gasteiger charge is -2.18. The maximum Gasteiger partial charge on any atom is 0.247 e. The molecule has 0 radical (unpaired) electrons. The molecule has 1 atom stereocenters. The average molecular weight is 387 g/mol. The van der Waals surface area contributed by atoms with Gasteiger partial charge in [-0.25, -0.2) is 4.39 Å². The molecule has 4 nitrogen and oxygen atoms in total. The molecular weight excluding hydrogens is 365 g/mol. The number of hydrogen-bond acceptors (Lipinski definition) is 4. The minimum absolute atomic E-state index is 0.307.